The first-order chi connectivity index (χ1) is 8.74. The summed E-state index contributed by atoms with van der Waals surface area (Å²) in [4.78, 5) is 17.1. The van der Waals surface area contributed by atoms with E-state index >= 15 is 0 Å². The third-order valence-corrected chi connectivity index (χ3v) is 3.83. The molecule has 2 rings (SSSR count). The maximum atomic E-state index is 11.7. The van der Waals surface area contributed by atoms with Gasteiger partial charge in [0, 0.05) is 22.0 Å². The van der Waals surface area contributed by atoms with Gasteiger partial charge in [0.2, 0.25) is 5.91 Å². The summed E-state index contributed by atoms with van der Waals surface area (Å²) < 4.78 is 0.909. The van der Waals surface area contributed by atoms with Crippen molar-refractivity contribution in [3.8, 4) is 0 Å². The van der Waals surface area contributed by atoms with Crippen LogP contribution in [0.25, 0.3) is 0 Å². The third-order valence-electron chi connectivity index (χ3n) is 2.40. The number of nitrogens with one attached hydrogen (secondary N) is 1. The molecular weight excluding hydrogens is 312 g/mol. The second kappa shape index (κ2) is 6.66. The number of rotatable bonds is 5. The van der Waals surface area contributed by atoms with E-state index in [0.717, 1.165) is 17.3 Å². The topological polar surface area (TPSA) is 42.0 Å². The largest absolute Gasteiger partial charge is 0.311 e. The van der Waals surface area contributed by atoms with Crippen LogP contribution in [0.4, 0.5) is 5.82 Å². The zero-order chi connectivity index (χ0) is 12.8. The highest BCUT2D eigenvalue weighted by molar-refractivity contribution is 9.10. The molecule has 0 fully saturated rings. The number of carbonyl (C=O) groups excluding carboxylic acids is 1. The van der Waals surface area contributed by atoms with Crippen LogP contribution >= 0.6 is 27.3 Å². The lowest BCUT2D eigenvalue weighted by molar-refractivity contribution is -0.116. The van der Waals surface area contributed by atoms with Crippen molar-refractivity contribution in [1.82, 2.24) is 4.98 Å². The molecule has 2 aromatic heterocycles. The Hall–Kier alpha value is -1.20. The first-order valence-corrected chi connectivity index (χ1v) is 7.35. The molecule has 1 amide bonds. The number of aromatic nitrogens is 1. The quantitative estimate of drug-likeness (QED) is 0.907. The average Bonchev–Trinajstić information content (AvgIpc) is 2.82. The molecule has 0 atom stereocenters. The number of amides is 1. The highest BCUT2D eigenvalue weighted by atomic mass is 79.9. The monoisotopic (exact) mass is 324 g/mol. The predicted octanol–water partition coefficient (Wildman–Crippen LogP) is 3.87. The van der Waals surface area contributed by atoms with E-state index in [1.165, 1.54) is 4.88 Å². The minimum atomic E-state index is 0.0113. The summed E-state index contributed by atoms with van der Waals surface area (Å²) in [5.74, 6) is 0.600. The first kappa shape index (κ1) is 13.2. The Balaban J connectivity index is 1.75. The van der Waals surface area contributed by atoms with Crippen LogP contribution in [0.2, 0.25) is 0 Å². The lowest BCUT2D eigenvalue weighted by atomic mass is 10.2. The Morgan fingerprint density at radius 1 is 1.44 bits per heavy atom. The van der Waals surface area contributed by atoms with Crippen LogP contribution in [0, 0.1) is 0 Å². The zero-order valence-electron chi connectivity index (χ0n) is 9.73. The second-order valence-corrected chi connectivity index (χ2v) is 5.79. The Bertz CT molecular complexity index is 513. The van der Waals surface area contributed by atoms with Crippen LogP contribution in [0.5, 0.6) is 0 Å². The molecule has 0 radical (unpaired) electrons. The van der Waals surface area contributed by atoms with Crippen LogP contribution in [-0.4, -0.2) is 10.9 Å². The molecule has 2 aromatic rings. The van der Waals surface area contributed by atoms with E-state index < -0.39 is 0 Å². The highest BCUT2D eigenvalue weighted by Gasteiger charge is 2.04. The lowest BCUT2D eigenvalue weighted by Crippen LogP contribution is -2.12. The van der Waals surface area contributed by atoms with E-state index in [-0.39, 0.29) is 5.91 Å². The van der Waals surface area contributed by atoms with E-state index in [4.69, 9.17) is 0 Å². The smallest absolute Gasteiger partial charge is 0.225 e. The van der Waals surface area contributed by atoms with Gasteiger partial charge in [-0.25, -0.2) is 4.98 Å². The molecule has 0 saturated carbocycles. The fourth-order valence-electron chi connectivity index (χ4n) is 1.56. The molecule has 0 aliphatic heterocycles. The molecule has 0 unspecified atom stereocenters. The first-order valence-electron chi connectivity index (χ1n) is 5.68. The number of pyridine rings is 1. The number of anilines is 1. The van der Waals surface area contributed by atoms with Gasteiger partial charge in [0.15, 0.2) is 0 Å². The molecular formula is C13H13BrN2OS. The van der Waals surface area contributed by atoms with Gasteiger partial charge in [-0.2, -0.15) is 0 Å². The fraction of sp³-hybridized carbons (Fsp3) is 0.231. The van der Waals surface area contributed by atoms with Gasteiger partial charge in [0.1, 0.15) is 5.82 Å². The minimum Gasteiger partial charge on any atom is -0.311 e. The summed E-state index contributed by atoms with van der Waals surface area (Å²) in [6.45, 7) is 0. The van der Waals surface area contributed by atoms with Gasteiger partial charge in [-0.15, -0.1) is 11.3 Å². The van der Waals surface area contributed by atoms with Crippen molar-refractivity contribution >= 4 is 39.0 Å². The summed E-state index contributed by atoms with van der Waals surface area (Å²) in [5, 5.41) is 4.84. The van der Waals surface area contributed by atoms with E-state index in [1.54, 1.807) is 23.6 Å². The van der Waals surface area contributed by atoms with Gasteiger partial charge in [-0.1, -0.05) is 22.0 Å². The molecule has 5 heteroatoms. The molecule has 0 spiro atoms. The number of thiophene rings is 1. The van der Waals surface area contributed by atoms with Crippen molar-refractivity contribution in [1.29, 1.82) is 0 Å². The number of carbonyl (C=O) groups is 1. The number of hydrogen-bond donors (Lipinski definition) is 1. The van der Waals surface area contributed by atoms with Crippen LogP contribution in [0.3, 0.4) is 0 Å². The standard InChI is InChI=1S/C13H13BrN2OS/c14-10-6-7-15-12(9-10)16-13(17)5-1-3-11-4-2-8-18-11/h2,4,6-9H,1,3,5H2,(H,15,16,17). The summed E-state index contributed by atoms with van der Waals surface area (Å²) in [6, 6.07) is 7.74. The third kappa shape index (κ3) is 4.23. The van der Waals surface area contributed by atoms with Crippen LogP contribution in [0.15, 0.2) is 40.3 Å². The zero-order valence-corrected chi connectivity index (χ0v) is 12.1. The molecule has 2 heterocycles. The molecule has 0 aromatic carbocycles. The van der Waals surface area contributed by atoms with E-state index in [1.807, 2.05) is 12.1 Å². The van der Waals surface area contributed by atoms with E-state index in [9.17, 15) is 4.79 Å². The van der Waals surface area contributed by atoms with Crippen molar-refractivity contribution in [3.05, 3.63) is 45.2 Å². The highest BCUT2D eigenvalue weighted by Crippen LogP contribution is 2.14. The number of aryl methyl sites for hydroxylation is 1. The molecule has 0 aliphatic rings. The summed E-state index contributed by atoms with van der Waals surface area (Å²) in [7, 11) is 0. The predicted molar refractivity (Wildman–Crippen MR) is 77.8 cm³/mol. The molecule has 1 N–H and O–H groups in total. The van der Waals surface area contributed by atoms with Crippen LogP contribution in [0.1, 0.15) is 17.7 Å². The number of halogens is 1. The van der Waals surface area contributed by atoms with Crippen LogP contribution < -0.4 is 5.32 Å². The van der Waals surface area contributed by atoms with Gasteiger partial charge in [-0.05, 0) is 36.4 Å². The van der Waals surface area contributed by atoms with Crippen LogP contribution in [-0.2, 0) is 11.2 Å². The Kier molecular flexibility index (Phi) is 4.90. The maximum Gasteiger partial charge on any atom is 0.225 e. The van der Waals surface area contributed by atoms with Gasteiger partial charge >= 0.3 is 0 Å². The van der Waals surface area contributed by atoms with Crippen molar-refractivity contribution < 1.29 is 4.79 Å². The van der Waals surface area contributed by atoms with Gasteiger partial charge in [0.05, 0.1) is 0 Å². The van der Waals surface area contributed by atoms with Crippen molar-refractivity contribution in [2.24, 2.45) is 0 Å². The normalized spacial score (nSPS) is 10.3. The van der Waals surface area contributed by atoms with Gasteiger partial charge in [0.25, 0.3) is 0 Å². The Morgan fingerprint density at radius 2 is 2.33 bits per heavy atom. The minimum absolute atomic E-state index is 0.0113. The SMILES string of the molecule is O=C(CCCc1cccs1)Nc1cc(Br)ccn1. The molecule has 94 valence electrons. The number of nitrogens with zero attached hydrogens (tertiary/aromatic N) is 1. The van der Waals surface area contributed by atoms with E-state index in [0.29, 0.717) is 12.2 Å². The van der Waals surface area contributed by atoms with Gasteiger partial charge in [-0.3, -0.25) is 4.79 Å². The average molecular weight is 325 g/mol. The summed E-state index contributed by atoms with van der Waals surface area (Å²) >= 11 is 5.07. The second-order valence-electron chi connectivity index (χ2n) is 3.84. The summed E-state index contributed by atoms with van der Waals surface area (Å²) in [6.07, 6.45) is 3.99. The fourth-order valence-corrected chi connectivity index (χ4v) is 2.64. The number of hydrogen-bond acceptors (Lipinski definition) is 3. The van der Waals surface area contributed by atoms with Crippen molar-refractivity contribution in [3.63, 3.8) is 0 Å². The summed E-state index contributed by atoms with van der Waals surface area (Å²) in [5.41, 5.74) is 0. The Labute approximate surface area is 118 Å². The molecule has 0 saturated heterocycles. The Morgan fingerprint density at radius 3 is 3.06 bits per heavy atom. The molecule has 0 bridgehead atoms. The lowest BCUT2D eigenvalue weighted by Gasteiger charge is -2.04. The van der Waals surface area contributed by atoms with Crippen molar-refractivity contribution in [2.45, 2.75) is 19.3 Å². The van der Waals surface area contributed by atoms with E-state index in [2.05, 4.69) is 37.7 Å². The molecule has 0 aliphatic carbocycles. The maximum absolute atomic E-state index is 11.7. The van der Waals surface area contributed by atoms with Gasteiger partial charge < -0.3 is 5.32 Å². The van der Waals surface area contributed by atoms with Crippen molar-refractivity contribution in [2.75, 3.05) is 5.32 Å². The molecule has 18 heavy (non-hydrogen) atoms. The molecule has 3 nitrogen and oxygen atoms in total.